The molecule has 1 aromatic carbocycles. The summed E-state index contributed by atoms with van der Waals surface area (Å²) < 4.78 is 40.7. The van der Waals surface area contributed by atoms with E-state index in [9.17, 15) is 18.0 Å². The van der Waals surface area contributed by atoms with Crippen LogP contribution in [-0.4, -0.2) is 80.0 Å². The van der Waals surface area contributed by atoms with Crippen LogP contribution in [0.15, 0.2) is 24.3 Å². The molecule has 0 aliphatic carbocycles. The van der Waals surface area contributed by atoms with Gasteiger partial charge < -0.3 is 19.9 Å². The molecule has 9 heteroatoms. The predicted octanol–water partition coefficient (Wildman–Crippen LogP) is 2.94. The van der Waals surface area contributed by atoms with Gasteiger partial charge in [-0.25, -0.2) is 0 Å². The molecule has 3 rings (SSSR count). The van der Waals surface area contributed by atoms with E-state index in [-0.39, 0.29) is 17.7 Å². The Kier molecular flexibility index (Phi) is 8.78. The number of amides is 1. The summed E-state index contributed by atoms with van der Waals surface area (Å²) in [6.07, 6.45) is -4.69. The molecule has 170 valence electrons. The Balaban J connectivity index is 0.00000155. The maximum Gasteiger partial charge on any atom is 0.573 e. The van der Waals surface area contributed by atoms with E-state index in [1.807, 2.05) is 18.7 Å². The second kappa shape index (κ2) is 10.9. The minimum Gasteiger partial charge on any atom is -0.406 e. The van der Waals surface area contributed by atoms with Gasteiger partial charge in [-0.1, -0.05) is 13.8 Å². The summed E-state index contributed by atoms with van der Waals surface area (Å²) in [6.45, 7) is 13.2. The number of piperazine rings is 2. The van der Waals surface area contributed by atoms with Crippen LogP contribution in [0.1, 0.15) is 27.7 Å². The molecule has 1 aromatic rings. The van der Waals surface area contributed by atoms with Crippen LogP contribution >= 0.6 is 0 Å². The van der Waals surface area contributed by atoms with Crippen molar-refractivity contribution in [3.8, 4) is 5.75 Å². The molecule has 0 spiro atoms. The summed E-state index contributed by atoms with van der Waals surface area (Å²) >= 11 is 0. The largest absolute Gasteiger partial charge is 0.573 e. The van der Waals surface area contributed by atoms with E-state index in [1.165, 1.54) is 12.1 Å². The second-order valence-corrected chi connectivity index (χ2v) is 7.45. The van der Waals surface area contributed by atoms with E-state index >= 15 is 0 Å². The van der Waals surface area contributed by atoms with Crippen LogP contribution in [0, 0.1) is 0 Å². The van der Waals surface area contributed by atoms with Crippen molar-refractivity contribution in [2.75, 3.05) is 50.7 Å². The third-order valence-corrected chi connectivity index (χ3v) is 5.26. The molecule has 6 nitrogen and oxygen atoms in total. The monoisotopic (exact) mass is 430 g/mol. The highest BCUT2D eigenvalue weighted by Gasteiger charge is 2.32. The number of rotatable bonds is 4. The molecule has 2 aliphatic rings. The van der Waals surface area contributed by atoms with Gasteiger partial charge in [0, 0.05) is 57.5 Å². The van der Waals surface area contributed by atoms with E-state index in [0.717, 1.165) is 25.3 Å². The molecule has 0 radical (unpaired) electrons. The zero-order valence-corrected chi connectivity index (χ0v) is 18.2. The predicted molar refractivity (Wildman–Crippen MR) is 112 cm³/mol. The van der Waals surface area contributed by atoms with Crippen LogP contribution in [0.2, 0.25) is 0 Å². The van der Waals surface area contributed by atoms with Crippen molar-refractivity contribution in [3.05, 3.63) is 24.3 Å². The fraction of sp³-hybridized carbons (Fsp3) is 0.667. The number of halogens is 3. The minimum absolute atomic E-state index is 0.124. The normalized spacial score (nSPS) is 20.6. The summed E-state index contributed by atoms with van der Waals surface area (Å²) in [5.41, 5.74) is 0.823. The Morgan fingerprint density at radius 3 is 2.20 bits per heavy atom. The van der Waals surface area contributed by atoms with Crippen LogP contribution in [0.3, 0.4) is 0 Å². The van der Waals surface area contributed by atoms with Gasteiger partial charge in [0.25, 0.3) is 0 Å². The van der Waals surface area contributed by atoms with E-state index in [4.69, 9.17) is 0 Å². The third kappa shape index (κ3) is 6.77. The molecule has 2 aliphatic heterocycles. The smallest absolute Gasteiger partial charge is 0.406 e. The highest BCUT2D eigenvalue weighted by molar-refractivity contribution is 5.82. The molecule has 0 unspecified atom stereocenters. The molecule has 0 aromatic heterocycles. The number of nitrogens with one attached hydrogen (secondary N) is 1. The lowest BCUT2D eigenvalue weighted by atomic mass is 10.1. The van der Waals surface area contributed by atoms with Gasteiger partial charge in [0.2, 0.25) is 5.91 Å². The highest BCUT2D eigenvalue weighted by atomic mass is 19.4. The van der Waals surface area contributed by atoms with Gasteiger partial charge >= 0.3 is 6.36 Å². The fourth-order valence-corrected chi connectivity index (χ4v) is 3.67. The lowest BCUT2D eigenvalue weighted by Crippen LogP contribution is -2.61. The number of hydrogen-bond acceptors (Lipinski definition) is 5. The lowest BCUT2D eigenvalue weighted by molar-refractivity contribution is -0.274. The average molecular weight is 431 g/mol. The molecule has 0 bridgehead atoms. The minimum atomic E-state index is -4.69. The average Bonchev–Trinajstić information content (AvgIpc) is 2.74. The first kappa shape index (κ1) is 24.3. The van der Waals surface area contributed by atoms with Gasteiger partial charge in [-0.3, -0.25) is 9.69 Å². The summed E-state index contributed by atoms with van der Waals surface area (Å²) in [5.74, 6) is -0.109. The first-order valence-electron chi connectivity index (χ1n) is 10.6. The number of ether oxygens (including phenoxy) is 1. The van der Waals surface area contributed by atoms with Gasteiger partial charge in [0.15, 0.2) is 0 Å². The molecule has 2 fully saturated rings. The number of hydrogen-bond donors (Lipinski definition) is 1. The van der Waals surface area contributed by atoms with E-state index in [0.29, 0.717) is 32.2 Å². The van der Waals surface area contributed by atoms with Gasteiger partial charge in [-0.15, -0.1) is 13.2 Å². The quantitative estimate of drug-likeness (QED) is 0.796. The van der Waals surface area contributed by atoms with Crippen LogP contribution in [0.25, 0.3) is 0 Å². The SMILES string of the molecule is CC.CC(C)N1CCN[C@@H](C(=O)N2CCN(c3ccc(OC(F)(F)F)cc3)CC2)C1. The van der Waals surface area contributed by atoms with Crippen molar-refractivity contribution < 1.29 is 22.7 Å². The fourth-order valence-electron chi connectivity index (χ4n) is 3.67. The summed E-state index contributed by atoms with van der Waals surface area (Å²) in [5, 5.41) is 3.32. The van der Waals surface area contributed by atoms with Crippen molar-refractivity contribution in [2.24, 2.45) is 0 Å². The molecule has 1 amide bonds. The van der Waals surface area contributed by atoms with Gasteiger partial charge in [0.05, 0.1) is 6.04 Å². The molecule has 2 heterocycles. The van der Waals surface area contributed by atoms with Crippen molar-refractivity contribution >= 4 is 11.6 Å². The molecule has 1 N–H and O–H groups in total. The maximum absolute atomic E-state index is 12.8. The van der Waals surface area contributed by atoms with Gasteiger partial charge in [-0.2, -0.15) is 0 Å². The zero-order valence-electron chi connectivity index (χ0n) is 18.2. The molecular formula is C21H33F3N4O2. The number of carbonyl (C=O) groups is 1. The molecular weight excluding hydrogens is 397 g/mol. The van der Waals surface area contributed by atoms with E-state index in [2.05, 4.69) is 33.7 Å². The van der Waals surface area contributed by atoms with Crippen molar-refractivity contribution in [3.63, 3.8) is 0 Å². The Morgan fingerprint density at radius 1 is 1.07 bits per heavy atom. The first-order chi connectivity index (χ1) is 14.2. The van der Waals surface area contributed by atoms with Crippen LogP contribution < -0.4 is 15.0 Å². The Labute approximate surface area is 177 Å². The lowest BCUT2D eigenvalue weighted by Gasteiger charge is -2.41. The molecule has 30 heavy (non-hydrogen) atoms. The standard InChI is InChI=1S/C19H27F3N4O2.C2H6/c1-14(2)26-8-7-23-17(13-26)18(27)25-11-9-24(10-12-25)15-3-5-16(6-4-15)28-19(20,21)22;1-2/h3-6,14,17,23H,7-13H2,1-2H3;1-2H3/t17-;/m1./s1. The van der Waals surface area contributed by atoms with Crippen LogP contribution in [0.4, 0.5) is 18.9 Å². The van der Waals surface area contributed by atoms with E-state index in [1.54, 1.807) is 12.1 Å². The number of carbonyl (C=O) groups excluding carboxylic acids is 1. The van der Waals surface area contributed by atoms with Crippen molar-refractivity contribution in [1.29, 1.82) is 0 Å². The zero-order chi connectivity index (χ0) is 22.3. The number of benzene rings is 1. The van der Waals surface area contributed by atoms with E-state index < -0.39 is 6.36 Å². The number of alkyl halides is 3. The first-order valence-corrected chi connectivity index (χ1v) is 10.6. The topological polar surface area (TPSA) is 48.1 Å². The maximum atomic E-state index is 12.8. The molecule has 2 saturated heterocycles. The number of anilines is 1. The van der Waals surface area contributed by atoms with Crippen LogP contribution in [0.5, 0.6) is 5.75 Å². The summed E-state index contributed by atoms with van der Waals surface area (Å²) in [6, 6.07) is 6.09. The van der Waals surface area contributed by atoms with Gasteiger partial charge in [-0.05, 0) is 38.1 Å². The third-order valence-electron chi connectivity index (χ3n) is 5.26. The number of nitrogens with zero attached hydrogens (tertiary/aromatic N) is 3. The molecule has 0 saturated carbocycles. The highest BCUT2D eigenvalue weighted by Crippen LogP contribution is 2.26. The summed E-state index contributed by atoms with van der Waals surface area (Å²) in [7, 11) is 0. The summed E-state index contributed by atoms with van der Waals surface area (Å²) in [4.78, 5) is 19.1. The Morgan fingerprint density at radius 2 is 1.67 bits per heavy atom. The van der Waals surface area contributed by atoms with Crippen molar-refractivity contribution in [2.45, 2.75) is 46.1 Å². The van der Waals surface area contributed by atoms with Gasteiger partial charge in [0.1, 0.15) is 5.75 Å². The Bertz CT molecular complexity index is 659. The Hall–Kier alpha value is -2.00. The molecule has 1 atom stereocenters. The second-order valence-electron chi connectivity index (χ2n) is 7.45. The van der Waals surface area contributed by atoms with Crippen LogP contribution in [-0.2, 0) is 4.79 Å². The van der Waals surface area contributed by atoms with Crippen molar-refractivity contribution in [1.82, 2.24) is 15.1 Å².